The molecule has 0 saturated carbocycles. The highest BCUT2D eigenvalue weighted by atomic mass is 79.9. The lowest BCUT2D eigenvalue weighted by Gasteiger charge is -2.35. The van der Waals surface area contributed by atoms with Gasteiger partial charge in [0.25, 0.3) is 0 Å². The minimum Gasteiger partial charge on any atom is -0.373 e. The standard InChI is InChI=1S/C15H23Br3O3Si/c1-5-13(11-9-10-12(16)15(18)14(11)17)22(19-6-2,20-7-3)21-8-4/h9-10,13H,5-8H2,1-4H3. The van der Waals surface area contributed by atoms with E-state index in [2.05, 4.69) is 60.8 Å². The molecule has 0 aliphatic carbocycles. The highest BCUT2D eigenvalue weighted by Crippen LogP contribution is 2.42. The topological polar surface area (TPSA) is 27.7 Å². The molecule has 0 fully saturated rings. The van der Waals surface area contributed by atoms with Crippen molar-refractivity contribution in [2.75, 3.05) is 19.8 Å². The molecule has 0 saturated heterocycles. The molecule has 1 aromatic rings. The Balaban J connectivity index is 3.37. The molecule has 0 aliphatic rings. The zero-order chi connectivity index (χ0) is 16.8. The molecule has 0 N–H and O–H groups in total. The van der Waals surface area contributed by atoms with E-state index in [-0.39, 0.29) is 5.54 Å². The molecular formula is C15H23Br3O3Si. The van der Waals surface area contributed by atoms with Crippen LogP contribution in [0, 0.1) is 0 Å². The van der Waals surface area contributed by atoms with E-state index in [1.54, 1.807) is 0 Å². The largest absolute Gasteiger partial charge is 0.508 e. The first-order valence-electron chi connectivity index (χ1n) is 7.52. The predicted molar refractivity (Wildman–Crippen MR) is 103 cm³/mol. The van der Waals surface area contributed by atoms with Gasteiger partial charge in [-0.15, -0.1) is 0 Å². The molecule has 1 unspecified atom stereocenters. The monoisotopic (exact) mass is 516 g/mol. The van der Waals surface area contributed by atoms with Crippen LogP contribution in [0.2, 0.25) is 0 Å². The van der Waals surface area contributed by atoms with Gasteiger partial charge < -0.3 is 13.3 Å². The van der Waals surface area contributed by atoms with Gasteiger partial charge in [0.2, 0.25) is 0 Å². The second-order valence-electron chi connectivity index (χ2n) is 4.63. The molecule has 3 nitrogen and oxygen atoms in total. The Morgan fingerprint density at radius 1 is 0.864 bits per heavy atom. The highest BCUT2D eigenvalue weighted by molar-refractivity contribution is 9.14. The van der Waals surface area contributed by atoms with E-state index >= 15 is 0 Å². The van der Waals surface area contributed by atoms with Crippen LogP contribution >= 0.6 is 47.8 Å². The summed E-state index contributed by atoms with van der Waals surface area (Å²) in [6.07, 6.45) is 0.888. The van der Waals surface area contributed by atoms with Crippen molar-refractivity contribution < 1.29 is 13.3 Å². The molecule has 126 valence electrons. The quantitative estimate of drug-likeness (QED) is 0.294. The fourth-order valence-corrected chi connectivity index (χ4v) is 7.47. The van der Waals surface area contributed by atoms with Crippen LogP contribution < -0.4 is 0 Å². The summed E-state index contributed by atoms with van der Waals surface area (Å²) in [6, 6.07) is 4.14. The second kappa shape index (κ2) is 9.91. The van der Waals surface area contributed by atoms with E-state index in [9.17, 15) is 0 Å². The lowest BCUT2D eigenvalue weighted by molar-refractivity contribution is 0.0611. The Labute approximate surface area is 159 Å². The van der Waals surface area contributed by atoms with Crippen molar-refractivity contribution in [1.82, 2.24) is 0 Å². The van der Waals surface area contributed by atoms with Crippen molar-refractivity contribution in [2.45, 2.75) is 39.7 Å². The minimum absolute atomic E-state index is 0.0890. The summed E-state index contributed by atoms with van der Waals surface area (Å²) in [5.74, 6) is 0. The van der Waals surface area contributed by atoms with Crippen LogP contribution in [0.3, 0.4) is 0 Å². The zero-order valence-corrected chi connectivity index (χ0v) is 19.2. The van der Waals surface area contributed by atoms with Crippen LogP contribution in [-0.4, -0.2) is 28.6 Å². The van der Waals surface area contributed by atoms with Gasteiger partial charge in [-0.1, -0.05) is 13.0 Å². The van der Waals surface area contributed by atoms with E-state index in [4.69, 9.17) is 13.3 Å². The van der Waals surface area contributed by atoms with Crippen LogP contribution in [0.4, 0.5) is 0 Å². The first kappa shape index (κ1) is 20.8. The van der Waals surface area contributed by atoms with Gasteiger partial charge in [0.1, 0.15) is 0 Å². The van der Waals surface area contributed by atoms with E-state index in [1.807, 2.05) is 26.8 Å². The summed E-state index contributed by atoms with van der Waals surface area (Å²) in [7, 11) is -2.80. The Morgan fingerprint density at radius 2 is 1.36 bits per heavy atom. The van der Waals surface area contributed by atoms with E-state index < -0.39 is 8.80 Å². The van der Waals surface area contributed by atoms with Crippen LogP contribution in [-0.2, 0) is 13.3 Å². The number of hydrogen-bond donors (Lipinski definition) is 0. The Morgan fingerprint density at radius 3 is 1.77 bits per heavy atom. The molecule has 0 heterocycles. The summed E-state index contributed by atoms with van der Waals surface area (Å²) in [5.41, 5.74) is 1.24. The lowest BCUT2D eigenvalue weighted by Crippen LogP contribution is -2.52. The van der Waals surface area contributed by atoms with Crippen LogP contribution in [0.5, 0.6) is 0 Å². The molecule has 1 rings (SSSR count). The van der Waals surface area contributed by atoms with E-state index in [0.29, 0.717) is 19.8 Å². The molecule has 0 aliphatic heterocycles. The Bertz CT molecular complexity index is 468. The lowest BCUT2D eigenvalue weighted by atomic mass is 10.1. The molecule has 0 bridgehead atoms. The van der Waals surface area contributed by atoms with Gasteiger partial charge in [-0.05, 0) is 86.6 Å². The van der Waals surface area contributed by atoms with Gasteiger partial charge in [-0.2, -0.15) is 0 Å². The van der Waals surface area contributed by atoms with Crippen LogP contribution in [0.25, 0.3) is 0 Å². The third-order valence-corrected chi connectivity index (χ3v) is 10.4. The summed E-state index contributed by atoms with van der Waals surface area (Å²) in [6.45, 7) is 9.84. The Kier molecular flexibility index (Phi) is 9.37. The van der Waals surface area contributed by atoms with Gasteiger partial charge in [0.05, 0.1) is 5.54 Å². The number of hydrogen-bond acceptors (Lipinski definition) is 3. The molecule has 0 spiro atoms. The van der Waals surface area contributed by atoms with Crippen molar-refractivity contribution in [1.29, 1.82) is 0 Å². The summed E-state index contributed by atoms with van der Waals surface area (Å²) >= 11 is 10.8. The smallest absolute Gasteiger partial charge is 0.373 e. The van der Waals surface area contributed by atoms with Gasteiger partial charge in [-0.3, -0.25) is 0 Å². The normalized spacial score (nSPS) is 13.4. The molecule has 0 aromatic heterocycles. The fraction of sp³-hybridized carbons (Fsp3) is 0.600. The van der Waals surface area contributed by atoms with Gasteiger partial charge in [0, 0.05) is 33.2 Å². The van der Waals surface area contributed by atoms with Crippen molar-refractivity contribution in [3.05, 3.63) is 31.1 Å². The molecule has 0 amide bonds. The van der Waals surface area contributed by atoms with Gasteiger partial charge in [-0.25, -0.2) is 0 Å². The number of rotatable bonds is 9. The maximum atomic E-state index is 6.09. The van der Waals surface area contributed by atoms with Gasteiger partial charge >= 0.3 is 8.80 Å². The van der Waals surface area contributed by atoms with Crippen molar-refractivity contribution in [3.8, 4) is 0 Å². The highest BCUT2D eigenvalue weighted by Gasteiger charge is 2.49. The van der Waals surface area contributed by atoms with Crippen molar-refractivity contribution in [3.63, 3.8) is 0 Å². The first-order chi connectivity index (χ1) is 10.5. The third-order valence-electron chi connectivity index (χ3n) is 3.31. The van der Waals surface area contributed by atoms with Crippen LogP contribution in [0.1, 0.15) is 45.2 Å². The minimum atomic E-state index is -2.80. The van der Waals surface area contributed by atoms with E-state index in [1.165, 1.54) is 0 Å². The van der Waals surface area contributed by atoms with Crippen molar-refractivity contribution >= 4 is 56.6 Å². The average molecular weight is 519 g/mol. The third kappa shape index (κ3) is 4.65. The summed E-state index contributed by atoms with van der Waals surface area (Å²) in [5, 5.41) is 0. The molecule has 1 aromatic carbocycles. The molecule has 7 heteroatoms. The molecular weight excluding hydrogens is 496 g/mol. The fourth-order valence-electron chi connectivity index (χ4n) is 2.50. The van der Waals surface area contributed by atoms with E-state index in [0.717, 1.165) is 25.4 Å². The van der Waals surface area contributed by atoms with Crippen molar-refractivity contribution in [2.24, 2.45) is 0 Å². The molecule has 1 atom stereocenters. The summed E-state index contributed by atoms with van der Waals surface area (Å²) in [4.78, 5) is 0. The van der Waals surface area contributed by atoms with Crippen LogP contribution in [0.15, 0.2) is 25.6 Å². The zero-order valence-electron chi connectivity index (χ0n) is 13.4. The Hall–Kier alpha value is 0.757. The first-order valence-corrected chi connectivity index (χ1v) is 11.7. The van der Waals surface area contributed by atoms with Gasteiger partial charge in [0.15, 0.2) is 0 Å². The molecule has 0 radical (unpaired) electrons. The predicted octanol–water partition coefficient (Wildman–Crippen LogP) is 6.06. The maximum absolute atomic E-state index is 6.09. The number of benzene rings is 1. The second-order valence-corrected chi connectivity index (χ2v) is 9.84. The summed E-state index contributed by atoms with van der Waals surface area (Å²) < 4.78 is 21.3. The SMILES string of the molecule is CCO[Si](OCC)(OCC)C(CC)c1ccc(Br)c(Br)c1Br. The number of halogens is 3. The maximum Gasteiger partial charge on any atom is 0.508 e. The average Bonchev–Trinajstić information content (AvgIpc) is 2.48. The molecule has 22 heavy (non-hydrogen) atoms.